The lowest BCUT2D eigenvalue weighted by Crippen LogP contribution is -1.96. The van der Waals surface area contributed by atoms with Gasteiger partial charge in [-0.05, 0) is 24.3 Å². The van der Waals surface area contributed by atoms with Crippen LogP contribution in [-0.2, 0) is 0 Å². The molecule has 0 amide bonds. The van der Waals surface area contributed by atoms with Crippen LogP contribution in [0, 0.1) is 0 Å². The Morgan fingerprint density at radius 1 is 1.20 bits per heavy atom. The van der Waals surface area contributed by atoms with Crippen molar-refractivity contribution in [3.63, 3.8) is 0 Å². The van der Waals surface area contributed by atoms with Crippen molar-refractivity contribution < 1.29 is 9.90 Å². The number of nitrogens with zero attached hydrogens (tertiary/aromatic N) is 1. The van der Waals surface area contributed by atoms with Crippen LogP contribution in [0.4, 0.5) is 5.69 Å². The molecule has 0 unspecified atom stereocenters. The van der Waals surface area contributed by atoms with Gasteiger partial charge in [0.2, 0.25) is 0 Å². The van der Waals surface area contributed by atoms with Crippen molar-refractivity contribution in [3.8, 4) is 11.3 Å². The standard InChI is InChI=1S/C14H9ClN2O2S/c15-8-3-1-7(2-4-8)10-6-5-9-11(16)12(14(18)19)20-13(9)17-10/h1-6H,16H2,(H,18,19). The molecular weight excluding hydrogens is 296 g/mol. The van der Waals surface area contributed by atoms with E-state index in [1.54, 1.807) is 18.2 Å². The second-order valence-corrected chi connectivity index (χ2v) is 5.64. The van der Waals surface area contributed by atoms with Crippen molar-refractivity contribution in [1.29, 1.82) is 0 Å². The molecule has 0 bridgehead atoms. The van der Waals surface area contributed by atoms with Crippen LogP contribution in [0.3, 0.4) is 0 Å². The minimum absolute atomic E-state index is 0.126. The molecule has 0 spiro atoms. The minimum atomic E-state index is -1.03. The Balaban J connectivity index is 2.15. The molecule has 1 aromatic carbocycles. The number of carbonyl (C=O) groups is 1. The highest BCUT2D eigenvalue weighted by molar-refractivity contribution is 7.21. The first-order valence-corrected chi connectivity index (χ1v) is 6.94. The molecule has 0 fully saturated rings. The Morgan fingerprint density at radius 2 is 1.90 bits per heavy atom. The average Bonchev–Trinajstić information content (AvgIpc) is 2.77. The molecule has 100 valence electrons. The van der Waals surface area contributed by atoms with E-state index >= 15 is 0 Å². The third kappa shape index (κ3) is 2.11. The average molecular weight is 305 g/mol. The van der Waals surface area contributed by atoms with Crippen molar-refractivity contribution in [2.75, 3.05) is 5.73 Å². The summed E-state index contributed by atoms with van der Waals surface area (Å²) in [6.45, 7) is 0. The van der Waals surface area contributed by atoms with Crippen LogP contribution in [0.25, 0.3) is 21.5 Å². The molecule has 3 aromatic rings. The summed E-state index contributed by atoms with van der Waals surface area (Å²) in [5.41, 5.74) is 7.77. The van der Waals surface area contributed by atoms with E-state index in [2.05, 4.69) is 4.98 Å². The van der Waals surface area contributed by atoms with Gasteiger partial charge >= 0.3 is 5.97 Å². The van der Waals surface area contributed by atoms with Crippen LogP contribution in [0.2, 0.25) is 5.02 Å². The first-order valence-electron chi connectivity index (χ1n) is 5.74. The monoisotopic (exact) mass is 304 g/mol. The number of hydrogen-bond donors (Lipinski definition) is 2. The number of halogens is 1. The number of pyridine rings is 1. The number of fused-ring (bicyclic) bond motifs is 1. The highest BCUT2D eigenvalue weighted by Crippen LogP contribution is 2.34. The molecule has 20 heavy (non-hydrogen) atoms. The van der Waals surface area contributed by atoms with Gasteiger partial charge in [0.1, 0.15) is 9.71 Å². The number of anilines is 1. The number of benzene rings is 1. The number of carboxylic acid groups (broad SMARTS) is 1. The summed E-state index contributed by atoms with van der Waals surface area (Å²) in [6, 6.07) is 10.9. The molecule has 6 heteroatoms. The topological polar surface area (TPSA) is 76.2 Å². The lowest BCUT2D eigenvalue weighted by Gasteiger charge is -2.01. The number of nitrogens with two attached hydrogens (primary N) is 1. The van der Waals surface area contributed by atoms with Crippen LogP contribution in [-0.4, -0.2) is 16.1 Å². The normalized spacial score (nSPS) is 10.8. The molecule has 3 rings (SSSR count). The Hall–Kier alpha value is -2.11. The van der Waals surface area contributed by atoms with Gasteiger partial charge in [0.25, 0.3) is 0 Å². The number of carboxylic acids is 1. The fourth-order valence-electron chi connectivity index (χ4n) is 1.94. The summed E-state index contributed by atoms with van der Waals surface area (Å²) in [4.78, 5) is 16.3. The fraction of sp³-hybridized carbons (Fsp3) is 0. The van der Waals surface area contributed by atoms with E-state index in [0.717, 1.165) is 22.6 Å². The van der Waals surface area contributed by atoms with Gasteiger partial charge in [-0.15, -0.1) is 11.3 Å². The molecule has 0 aliphatic heterocycles. The van der Waals surface area contributed by atoms with E-state index in [1.807, 2.05) is 18.2 Å². The molecule has 0 saturated heterocycles. The van der Waals surface area contributed by atoms with Crippen LogP contribution in [0.15, 0.2) is 36.4 Å². The molecule has 0 aliphatic carbocycles. The largest absolute Gasteiger partial charge is 0.477 e. The Bertz CT molecular complexity index is 812. The molecule has 4 nitrogen and oxygen atoms in total. The highest BCUT2D eigenvalue weighted by Gasteiger charge is 2.16. The maximum atomic E-state index is 11.1. The molecule has 0 saturated carbocycles. The summed E-state index contributed by atoms with van der Waals surface area (Å²) in [5, 5.41) is 10.4. The summed E-state index contributed by atoms with van der Waals surface area (Å²) >= 11 is 6.94. The Labute approximate surface area is 123 Å². The first-order chi connectivity index (χ1) is 9.56. The maximum Gasteiger partial charge on any atom is 0.348 e. The van der Waals surface area contributed by atoms with Gasteiger partial charge in [0.05, 0.1) is 11.4 Å². The van der Waals surface area contributed by atoms with Crippen LogP contribution in [0.5, 0.6) is 0 Å². The number of hydrogen-bond acceptors (Lipinski definition) is 4. The smallest absolute Gasteiger partial charge is 0.348 e. The zero-order valence-electron chi connectivity index (χ0n) is 10.1. The lowest BCUT2D eigenvalue weighted by molar-refractivity contribution is 0.0703. The molecule has 3 N–H and O–H groups in total. The quantitative estimate of drug-likeness (QED) is 0.753. The van der Waals surface area contributed by atoms with Gasteiger partial charge in [-0.3, -0.25) is 0 Å². The third-order valence-corrected chi connectivity index (χ3v) is 4.28. The van der Waals surface area contributed by atoms with Gasteiger partial charge in [-0.25, -0.2) is 9.78 Å². The highest BCUT2D eigenvalue weighted by atomic mass is 35.5. The number of rotatable bonds is 2. The molecule has 0 aliphatic rings. The van der Waals surface area contributed by atoms with Crippen molar-refractivity contribution >= 4 is 44.8 Å². The van der Waals surface area contributed by atoms with E-state index in [0.29, 0.717) is 15.2 Å². The SMILES string of the molecule is Nc1c(C(=O)O)sc2nc(-c3ccc(Cl)cc3)ccc12. The third-order valence-electron chi connectivity index (χ3n) is 2.93. The maximum absolute atomic E-state index is 11.1. The van der Waals surface area contributed by atoms with Gasteiger partial charge in [0.15, 0.2) is 0 Å². The van der Waals surface area contributed by atoms with Crippen molar-refractivity contribution in [2.45, 2.75) is 0 Å². The van der Waals surface area contributed by atoms with Crippen molar-refractivity contribution in [1.82, 2.24) is 4.98 Å². The van der Waals surface area contributed by atoms with Crippen molar-refractivity contribution in [3.05, 3.63) is 46.3 Å². The number of thiophene rings is 1. The van der Waals surface area contributed by atoms with Crippen LogP contribution in [0.1, 0.15) is 9.67 Å². The second kappa shape index (κ2) is 4.77. The van der Waals surface area contributed by atoms with Gasteiger partial charge < -0.3 is 10.8 Å². The summed E-state index contributed by atoms with van der Waals surface area (Å²) in [6.07, 6.45) is 0. The predicted octanol–water partition coefficient (Wildman–Crippen LogP) is 3.90. The zero-order chi connectivity index (χ0) is 14.3. The van der Waals surface area contributed by atoms with E-state index in [1.165, 1.54) is 0 Å². The Morgan fingerprint density at radius 3 is 2.55 bits per heavy atom. The van der Waals surface area contributed by atoms with E-state index in [9.17, 15) is 4.79 Å². The lowest BCUT2D eigenvalue weighted by atomic mass is 10.1. The molecular formula is C14H9ClN2O2S. The Kier molecular flexibility index (Phi) is 3.08. The van der Waals surface area contributed by atoms with Crippen LogP contribution < -0.4 is 5.73 Å². The number of nitrogen functional groups attached to an aromatic ring is 1. The van der Waals surface area contributed by atoms with E-state index < -0.39 is 5.97 Å². The van der Waals surface area contributed by atoms with Crippen LogP contribution >= 0.6 is 22.9 Å². The van der Waals surface area contributed by atoms with E-state index in [4.69, 9.17) is 22.4 Å². The zero-order valence-corrected chi connectivity index (χ0v) is 11.7. The molecule has 0 radical (unpaired) electrons. The van der Waals surface area contributed by atoms with Gasteiger partial charge in [-0.1, -0.05) is 23.7 Å². The van der Waals surface area contributed by atoms with Gasteiger partial charge in [-0.2, -0.15) is 0 Å². The fourth-order valence-corrected chi connectivity index (χ4v) is 3.00. The summed E-state index contributed by atoms with van der Waals surface area (Å²) < 4.78 is 0. The van der Waals surface area contributed by atoms with Crippen molar-refractivity contribution in [2.24, 2.45) is 0 Å². The summed E-state index contributed by atoms with van der Waals surface area (Å²) in [5.74, 6) is -1.03. The predicted molar refractivity (Wildman–Crippen MR) is 81.4 cm³/mol. The first kappa shape index (κ1) is 12.9. The number of aromatic nitrogens is 1. The molecule has 2 aromatic heterocycles. The van der Waals surface area contributed by atoms with Gasteiger partial charge in [0, 0.05) is 16.0 Å². The summed E-state index contributed by atoms with van der Waals surface area (Å²) in [7, 11) is 0. The molecule has 0 atom stereocenters. The molecule has 2 heterocycles. The number of aromatic carboxylic acids is 1. The second-order valence-electron chi connectivity index (χ2n) is 4.21. The van der Waals surface area contributed by atoms with E-state index in [-0.39, 0.29) is 10.6 Å². The minimum Gasteiger partial charge on any atom is -0.477 e.